The Morgan fingerprint density at radius 2 is 2.33 bits per heavy atom. The standard InChI is InChI=1S/C11H8N4O3/c1-17-10(16)9-13-11-12-4-2-8(15(11)14-9)7-3-5-18-6-7/h2-6H,1H3. The summed E-state index contributed by atoms with van der Waals surface area (Å²) in [7, 11) is 1.28. The highest BCUT2D eigenvalue weighted by Crippen LogP contribution is 2.19. The van der Waals surface area contributed by atoms with Gasteiger partial charge in [-0.25, -0.2) is 9.78 Å². The maximum Gasteiger partial charge on any atom is 0.378 e. The molecule has 3 rings (SSSR count). The molecule has 0 aromatic carbocycles. The second-order valence-electron chi connectivity index (χ2n) is 3.48. The predicted molar refractivity (Wildman–Crippen MR) is 59.8 cm³/mol. The Kier molecular flexibility index (Phi) is 2.30. The Balaban J connectivity index is 2.22. The maximum atomic E-state index is 11.4. The first-order valence-electron chi connectivity index (χ1n) is 5.12. The van der Waals surface area contributed by atoms with Crippen molar-refractivity contribution >= 4 is 11.7 Å². The van der Waals surface area contributed by atoms with E-state index in [1.807, 2.05) is 0 Å². The third kappa shape index (κ3) is 1.53. The molecule has 18 heavy (non-hydrogen) atoms. The van der Waals surface area contributed by atoms with Crippen LogP contribution in [0, 0.1) is 0 Å². The monoisotopic (exact) mass is 244 g/mol. The molecular weight excluding hydrogens is 236 g/mol. The van der Waals surface area contributed by atoms with Crippen LogP contribution in [-0.4, -0.2) is 32.7 Å². The number of aromatic nitrogens is 4. The summed E-state index contributed by atoms with van der Waals surface area (Å²) in [6.45, 7) is 0. The zero-order chi connectivity index (χ0) is 12.5. The Bertz CT molecular complexity index is 702. The van der Waals surface area contributed by atoms with Gasteiger partial charge in [-0.3, -0.25) is 0 Å². The van der Waals surface area contributed by atoms with Crippen molar-refractivity contribution in [3.8, 4) is 11.3 Å². The molecule has 0 N–H and O–H groups in total. The van der Waals surface area contributed by atoms with Crippen molar-refractivity contribution in [1.82, 2.24) is 19.6 Å². The van der Waals surface area contributed by atoms with Crippen LogP contribution >= 0.6 is 0 Å². The van der Waals surface area contributed by atoms with E-state index in [1.54, 1.807) is 30.9 Å². The van der Waals surface area contributed by atoms with E-state index in [-0.39, 0.29) is 5.82 Å². The van der Waals surface area contributed by atoms with Crippen LogP contribution in [0.3, 0.4) is 0 Å². The van der Waals surface area contributed by atoms with Gasteiger partial charge in [0.15, 0.2) is 0 Å². The number of methoxy groups -OCH3 is 1. The Labute approximate surface area is 101 Å². The smallest absolute Gasteiger partial charge is 0.378 e. The number of hydrogen-bond acceptors (Lipinski definition) is 6. The molecule has 0 aliphatic carbocycles. The Morgan fingerprint density at radius 1 is 1.44 bits per heavy atom. The quantitative estimate of drug-likeness (QED) is 0.629. The second kappa shape index (κ2) is 3.95. The van der Waals surface area contributed by atoms with Gasteiger partial charge in [0.2, 0.25) is 0 Å². The van der Waals surface area contributed by atoms with Gasteiger partial charge in [-0.15, -0.1) is 5.10 Å². The molecular formula is C11H8N4O3. The third-order valence-electron chi connectivity index (χ3n) is 2.43. The van der Waals surface area contributed by atoms with Gasteiger partial charge in [0, 0.05) is 11.8 Å². The first-order chi connectivity index (χ1) is 8.79. The molecule has 90 valence electrons. The number of furan rings is 1. The zero-order valence-electron chi connectivity index (χ0n) is 9.40. The lowest BCUT2D eigenvalue weighted by Gasteiger charge is -1.98. The Hall–Kier alpha value is -2.70. The fourth-order valence-corrected chi connectivity index (χ4v) is 1.60. The fourth-order valence-electron chi connectivity index (χ4n) is 1.60. The molecule has 0 saturated heterocycles. The third-order valence-corrected chi connectivity index (χ3v) is 2.43. The largest absolute Gasteiger partial charge is 0.472 e. The summed E-state index contributed by atoms with van der Waals surface area (Å²) in [6, 6.07) is 3.54. The summed E-state index contributed by atoms with van der Waals surface area (Å²) in [5, 5.41) is 4.07. The van der Waals surface area contributed by atoms with E-state index in [0.717, 1.165) is 11.3 Å². The second-order valence-corrected chi connectivity index (χ2v) is 3.48. The molecule has 0 saturated carbocycles. The molecule has 0 radical (unpaired) electrons. The van der Waals surface area contributed by atoms with Gasteiger partial charge >= 0.3 is 5.97 Å². The molecule has 0 aliphatic heterocycles. The normalized spacial score (nSPS) is 10.7. The molecule has 0 aliphatic rings. The van der Waals surface area contributed by atoms with Crippen LogP contribution in [0.1, 0.15) is 10.6 Å². The van der Waals surface area contributed by atoms with Crippen LogP contribution in [-0.2, 0) is 4.74 Å². The van der Waals surface area contributed by atoms with Crippen LogP contribution in [0.4, 0.5) is 0 Å². The number of carbonyl (C=O) groups is 1. The highest BCUT2D eigenvalue weighted by Gasteiger charge is 2.16. The molecule has 0 bridgehead atoms. The van der Waals surface area contributed by atoms with Crippen LogP contribution in [0.25, 0.3) is 17.0 Å². The van der Waals surface area contributed by atoms with Crippen molar-refractivity contribution in [1.29, 1.82) is 0 Å². The van der Waals surface area contributed by atoms with Gasteiger partial charge in [0.05, 0.1) is 25.3 Å². The number of rotatable bonds is 2. The summed E-state index contributed by atoms with van der Waals surface area (Å²) in [6.07, 6.45) is 4.72. The minimum Gasteiger partial charge on any atom is -0.472 e. The van der Waals surface area contributed by atoms with E-state index >= 15 is 0 Å². The summed E-state index contributed by atoms with van der Waals surface area (Å²) in [5.41, 5.74) is 1.56. The number of carbonyl (C=O) groups excluding carboxylic acids is 1. The predicted octanol–water partition coefficient (Wildman–Crippen LogP) is 1.17. The van der Waals surface area contributed by atoms with Gasteiger partial charge in [0.1, 0.15) is 0 Å². The van der Waals surface area contributed by atoms with E-state index in [9.17, 15) is 4.79 Å². The SMILES string of the molecule is COC(=O)c1nc2nccc(-c3ccoc3)n2n1. The molecule has 0 amide bonds. The number of ether oxygens (including phenoxy) is 1. The number of esters is 1. The number of nitrogens with zero attached hydrogens (tertiary/aromatic N) is 4. The van der Waals surface area contributed by atoms with Crippen molar-refractivity contribution in [2.24, 2.45) is 0 Å². The van der Waals surface area contributed by atoms with Crippen molar-refractivity contribution in [2.75, 3.05) is 7.11 Å². The number of hydrogen-bond donors (Lipinski definition) is 0. The first kappa shape index (κ1) is 10.5. The molecule has 0 spiro atoms. The molecule has 0 atom stereocenters. The summed E-state index contributed by atoms with van der Waals surface area (Å²) < 4.78 is 11.1. The van der Waals surface area contributed by atoms with Gasteiger partial charge in [0.25, 0.3) is 11.6 Å². The lowest BCUT2D eigenvalue weighted by atomic mass is 10.2. The minimum atomic E-state index is -0.598. The van der Waals surface area contributed by atoms with E-state index < -0.39 is 5.97 Å². The van der Waals surface area contributed by atoms with Crippen molar-refractivity contribution < 1.29 is 13.9 Å². The highest BCUT2D eigenvalue weighted by molar-refractivity contribution is 5.85. The minimum absolute atomic E-state index is 0.0269. The summed E-state index contributed by atoms with van der Waals surface area (Å²) in [4.78, 5) is 19.4. The van der Waals surface area contributed by atoms with E-state index in [0.29, 0.717) is 5.78 Å². The highest BCUT2D eigenvalue weighted by atomic mass is 16.5. The summed E-state index contributed by atoms with van der Waals surface area (Å²) in [5.74, 6) is -0.298. The van der Waals surface area contributed by atoms with Crippen molar-refractivity contribution in [3.63, 3.8) is 0 Å². The zero-order valence-corrected chi connectivity index (χ0v) is 9.40. The van der Waals surface area contributed by atoms with Crippen LogP contribution < -0.4 is 0 Å². The molecule has 3 aromatic heterocycles. The molecule has 7 nitrogen and oxygen atoms in total. The molecule has 0 unspecified atom stereocenters. The number of fused-ring (bicyclic) bond motifs is 1. The van der Waals surface area contributed by atoms with E-state index in [4.69, 9.17) is 4.42 Å². The molecule has 3 heterocycles. The Morgan fingerprint density at radius 3 is 3.06 bits per heavy atom. The molecule has 0 fully saturated rings. The van der Waals surface area contributed by atoms with Gasteiger partial charge in [-0.05, 0) is 12.1 Å². The van der Waals surface area contributed by atoms with Gasteiger partial charge in [-0.2, -0.15) is 9.50 Å². The average molecular weight is 244 g/mol. The average Bonchev–Trinajstić information content (AvgIpc) is 3.05. The fraction of sp³-hybridized carbons (Fsp3) is 0.0909. The van der Waals surface area contributed by atoms with E-state index in [1.165, 1.54) is 11.6 Å². The topological polar surface area (TPSA) is 82.5 Å². The maximum absolute atomic E-state index is 11.4. The van der Waals surface area contributed by atoms with Gasteiger partial charge < -0.3 is 9.15 Å². The molecule has 7 heteroatoms. The molecule has 3 aromatic rings. The van der Waals surface area contributed by atoms with Crippen LogP contribution in [0.5, 0.6) is 0 Å². The first-order valence-corrected chi connectivity index (χ1v) is 5.12. The van der Waals surface area contributed by atoms with Crippen LogP contribution in [0.15, 0.2) is 35.3 Å². The van der Waals surface area contributed by atoms with Crippen molar-refractivity contribution in [3.05, 3.63) is 36.7 Å². The lowest BCUT2D eigenvalue weighted by molar-refractivity contribution is 0.0587. The van der Waals surface area contributed by atoms with E-state index in [2.05, 4.69) is 19.8 Å². The lowest BCUT2D eigenvalue weighted by Crippen LogP contribution is -2.04. The van der Waals surface area contributed by atoms with Crippen molar-refractivity contribution in [2.45, 2.75) is 0 Å². The van der Waals surface area contributed by atoms with Gasteiger partial charge in [-0.1, -0.05) is 0 Å². The summed E-state index contributed by atoms with van der Waals surface area (Å²) >= 11 is 0. The van der Waals surface area contributed by atoms with Crippen LogP contribution in [0.2, 0.25) is 0 Å².